The molecule has 1 fully saturated rings. The second-order valence-corrected chi connectivity index (χ2v) is 4.93. The van der Waals surface area contributed by atoms with Gasteiger partial charge in [-0.15, -0.1) is 10.2 Å². The van der Waals surface area contributed by atoms with Gasteiger partial charge in [0.25, 0.3) is 0 Å². The number of methoxy groups -OCH3 is 1. The molecule has 0 aromatic carbocycles. The molecule has 0 amide bonds. The molecule has 104 valence electrons. The minimum absolute atomic E-state index is 0.171. The first-order valence-electron chi connectivity index (χ1n) is 6.51. The van der Waals surface area contributed by atoms with Crippen LogP contribution in [-0.4, -0.2) is 40.5 Å². The molecule has 0 radical (unpaired) electrons. The molecule has 6 nitrogen and oxygen atoms in total. The quantitative estimate of drug-likeness (QED) is 0.800. The highest BCUT2D eigenvalue weighted by atomic mass is 16.5. The average molecular weight is 265 g/mol. The Morgan fingerprint density at radius 2 is 2.11 bits per heavy atom. The summed E-state index contributed by atoms with van der Waals surface area (Å²) in [7, 11) is 1.30. The second-order valence-electron chi connectivity index (χ2n) is 4.93. The lowest BCUT2D eigenvalue weighted by molar-refractivity contribution is 0.0166. The Morgan fingerprint density at radius 1 is 1.37 bits per heavy atom. The summed E-state index contributed by atoms with van der Waals surface area (Å²) in [6.07, 6.45) is 4.94. The molecule has 1 aromatic rings. The minimum atomic E-state index is -0.652. The van der Waals surface area contributed by atoms with Crippen molar-refractivity contribution >= 4 is 11.8 Å². The first kappa shape index (κ1) is 13.7. The lowest BCUT2D eigenvalue weighted by Gasteiger charge is -2.32. The van der Waals surface area contributed by atoms with Gasteiger partial charge in [0.05, 0.1) is 12.7 Å². The lowest BCUT2D eigenvalue weighted by Crippen LogP contribution is -2.39. The van der Waals surface area contributed by atoms with Crippen molar-refractivity contribution in [1.82, 2.24) is 10.2 Å². The number of carbonyl (C=O) groups excluding carboxylic acids is 1. The van der Waals surface area contributed by atoms with E-state index in [1.54, 1.807) is 12.1 Å². The van der Waals surface area contributed by atoms with Crippen molar-refractivity contribution < 1.29 is 14.6 Å². The van der Waals surface area contributed by atoms with E-state index in [1.165, 1.54) is 13.5 Å². The molecule has 2 rings (SSSR count). The summed E-state index contributed by atoms with van der Waals surface area (Å²) in [5.41, 5.74) is -0.481. The molecule has 0 spiro atoms. The van der Waals surface area contributed by atoms with Gasteiger partial charge in [0.15, 0.2) is 5.69 Å². The zero-order valence-electron chi connectivity index (χ0n) is 11.1. The van der Waals surface area contributed by atoms with Gasteiger partial charge >= 0.3 is 5.97 Å². The normalized spacial score (nSPS) is 17.8. The van der Waals surface area contributed by atoms with E-state index in [2.05, 4.69) is 20.3 Å². The van der Waals surface area contributed by atoms with Crippen LogP contribution in [-0.2, 0) is 4.74 Å². The van der Waals surface area contributed by atoms with E-state index in [0.29, 0.717) is 12.4 Å². The Morgan fingerprint density at radius 3 is 2.68 bits per heavy atom. The molecule has 0 bridgehead atoms. The monoisotopic (exact) mass is 265 g/mol. The van der Waals surface area contributed by atoms with Crippen LogP contribution in [0.1, 0.15) is 42.6 Å². The van der Waals surface area contributed by atoms with Gasteiger partial charge < -0.3 is 15.2 Å². The molecule has 1 saturated carbocycles. The largest absolute Gasteiger partial charge is 0.464 e. The van der Waals surface area contributed by atoms with E-state index in [9.17, 15) is 9.90 Å². The highest BCUT2D eigenvalue weighted by Gasteiger charge is 2.28. The summed E-state index contributed by atoms with van der Waals surface area (Å²) >= 11 is 0. The molecular weight excluding hydrogens is 246 g/mol. The van der Waals surface area contributed by atoms with Crippen molar-refractivity contribution in [2.75, 3.05) is 19.0 Å². The maximum Gasteiger partial charge on any atom is 0.358 e. The van der Waals surface area contributed by atoms with Crippen LogP contribution in [0.2, 0.25) is 0 Å². The molecular formula is C13H19N3O3. The highest BCUT2D eigenvalue weighted by molar-refractivity contribution is 5.86. The fourth-order valence-corrected chi connectivity index (χ4v) is 2.28. The second kappa shape index (κ2) is 5.97. The van der Waals surface area contributed by atoms with Crippen molar-refractivity contribution in [3.63, 3.8) is 0 Å². The molecule has 0 saturated heterocycles. The molecule has 0 aliphatic heterocycles. The molecule has 1 aliphatic rings. The summed E-state index contributed by atoms with van der Waals surface area (Å²) in [5, 5.41) is 21.0. The number of aliphatic hydroxyl groups is 1. The first-order valence-corrected chi connectivity index (χ1v) is 6.51. The highest BCUT2D eigenvalue weighted by Crippen LogP contribution is 2.27. The number of nitrogens with zero attached hydrogens (tertiary/aromatic N) is 2. The van der Waals surface area contributed by atoms with Crippen molar-refractivity contribution in [2.45, 2.75) is 37.7 Å². The molecule has 1 heterocycles. The van der Waals surface area contributed by atoms with Crippen LogP contribution in [0.15, 0.2) is 12.1 Å². The average Bonchev–Trinajstić information content (AvgIpc) is 2.46. The zero-order valence-corrected chi connectivity index (χ0v) is 11.1. The van der Waals surface area contributed by atoms with Gasteiger partial charge in [-0.3, -0.25) is 0 Å². The third-order valence-corrected chi connectivity index (χ3v) is 3.44. The Balaban J connectivity index is 1.91. The number of anilines is 1. The van der Waals surface area contributed by atoms with Gasteiger partial charge in [-0.25, -0.2) is 4.79 Å². The summed E-state index contributed by atoms with van der Waals surface area (Å²) in [4.78, 5) is 11.2. The van der Waals surface area contributed by atoms with Gasteiger partial charge in [-0.05, 0) is 25.0 Å². The third-order valence-electron chi connectivity index (χ3n) is 3.44. The number of hydrogen-bond donors (Lipinski definition) is 2. The van der Waals surface area contributed by atoms with Crippen LogP contribution in [0.3, 0.4) is 0 Å². The van der Waals surface area contributed by atoms with Crippen LogP contribution < -0.4 is 5.32 Å². The van der Waals surface area contributed by atoms with Crippen LogP contribution >= 0.6 is 0 Å². The number of aromatic nitrogens is 2. The minimum Gasteiger partial charge on any atom is -0.464 e. The third kappa shape index (κ3) is 3.64. The first-order chi connectivity index (χ1) is 9.13. The van der Waals surface area contributed by atoms with E-state index in [4.69, 9.17) is 0 Å². The zero-order chi connectivity index (χ0) is 13.7. The van der Waals surface area contributed by atoms with Crippen molar-refractivity contribution in [1.29, 1.82) is 0 Å². The van der Waals surface area contributed by atoms with Crippen LogP contribution in [0, 0.1) is 0 Å². The molecule has 19 heavy (non-hydrogen) atoms. The van der Waals surface area contributed by atoms with E-state index in [-0.39, 0.29) is 5.69 Å². The van der Waals surface area contributed by atoms with Gasteiger partial charge in [-0.1, -0.05) is 19.3 Å². The molecule has 2 N–H and O–H groups in total. The fraction of sp³-hybridized carbons (Fsp3) is 0.615. The summed E-state index contributed by atoms with van der Waals surface area (Å²) in [5.74, 6) is 0.0385. The number of hydrogen-bond acceptors (Lipinski definition) is 6. The number of ether oxygens (including phenoxy) is 1. The molecule has 0 unspecified atom stereocenters. The number of carbonyl (C=O) groups is 1. The predicted octanol–water partition coefficient (Wildman–Crippen LogP) is 1.37. The smallest absolute Gasteiger partial charge is 0.358 e. The number of rotatable bonds is 4. The van der Waals surface area contributed by atoms with E-state index >= 15 is 0 Å². The summed E-state index contributed by atoms with van der Waals surface area (Å²) < 4.78 is 4.55. The van der Waals surface area contributed by atoms with Crippen molar-refractivity contribution in [2.24, 2.45) is 0 Å². The number of esters is 1. The number of nitrogens with one attached hydrogen (secondary N) is 1. The topological polar surface area (TPSA) is 84.3 Å². The van der Waals surface area contributed by atoms with Gasteiger partial charge in [0.2, 0.25) is 0 Å². The molecule has 0 atom stereocenters. The maximum atomic E-state index is 11.2. The van der Waals surface area contributed by atoms with E-state index < -0.39 is 11.6 Å². The van der Waals surface area contributed by atoms with E-state index in [1.807, 2.05) is 0 Å². The van der Waals surface area contributed by atoms with E-state index in [0.717, 1.165) is 25.7 Å². The van der Waals surface area contributed by atoms with Gasteiger partial charge in [0, 0.05) is 6.54 Å². The van der Waals surface area contributed by atoms with Gasteiger partial charge in [-0.2, -0.15) is 0 Å². The van der Waals surface area contributed by atoms with Crippen LogP contribution in [0.4, 0.5) is 5.82 Å². The molecule has 1 aromatic heterocycles. The predicted molar refractivity (Wildman–Crippen MR) is 69.9 cm³/mol. The Labute approximate surface area is 112 Å². The maximum absolute atomic E-state index is 11.2. The SMILES string of the molecule is COC(=O)c1ccc(NCC2(O)CCCCC2)nn1. The summed E-state index contributed by atoms with van der Waals surface area (Å²) in [6, 6.07) is 3.21. The fourth-order valence-electron chi connectivity index (χ4n) is 2.28. The van der Waals surface area contributed by atoms with Crippen molar-refractivity contribution in [3.8, 4) is 0 Å². The van der Waals surface area contributed by atoms with Gasteiger partial charge in [0.1, 0.15) is 5.82 Å². The van der Waals surface area contributed by atoms with Crippen LogP contribution in [0.25, 0.3) is 0 Å². The lowest BCUT2D eigenvalue weighted by atomic mass is 9.85. The van der Waals surface area contributed by atoms with Crippen molar-refractivity contribution in [3.05, 3.63) is 17.8 Å². The Hall–Kier alpha value is -1.69. The standard InChI is InChI=1S/C13H19N3O3/c1-19-12(17)10-5-6-11(16-15-10)14-9-13(18)7-3-2-4-8-13/h5-6,18H,2-4,7-9H2,1H3,(H,14,16). The molecule has 6 heteroatoms. The Kier molecular flexibility index (Phi) is 4.31. The molecule has 1 aliphatic carbocycles. The Bertz CT molecular complexity index is 427. The summed E-state index contributed by atoms with van der Waals surface area (Å²) in [6.45, 7) is 0.458. The van der Waals surface area contributed by atoms with Crippen LogP contribution in [0.5, 0.6) is 0 Å².